The molecule has 3 rings (SSSR count). The molecule has 0 fully saturated rings. The fraction of sp³-hybridized carbons (Fsp3) is 0. The standard InChI is InChI=1S/C18H14O2S.F6P/c19-14-6-10-17(11-7-14)21(16-4-2-1-3-5-16)18-12-8-15(20)9-13-18;1-7(2,3,4,5)6/h1-13H,(H-,19,20);/q;-1/p+1. The molecule has 0 saturated heterocycles. The largest absolute Gasteiger partial charge is 0.508 e. The first-order valence-electron chi connectivity index (χ1n) is 7.63. The number of phenolic OH excluding ortho intramolecular Hbond substituents is 2. The molecule has 0 amide bonds. The molecule has 0 aliphatic carbocycles. The van der Waals surface area contributed by atoms with E-state index < -0.39 is 7.81 Å². The number of rotatable bonds is 3. The van der Waals surface area contributed by atoms with E-state index >= 15 is 0 Å². The van der Waals surface area contributed by atoms with Crippen LogP contribution in [0.15, 0.2) is 93.5 Å². The Morgan fingerprint density at radius 2 is 0.786 bits per heavy atom. The summed E-state index contributed by atoms with van der Waals surface area (Å²) in [5, 5.41) is 19.0. The molecule has 3 aromatic rings. The topological polar surface area (TPSA) is 40.5 Å². The fourth-order valence-electron chi connectivity index (χ4n) is 2.13. The molecule has 0 radical (unpaired) electrons. The van der Waals surface area contributed by atoms with E-state index in [9.17, 15) is 35.4 Å². The van der Waals surface area contributed by atoms with Crippen LogP contribution in [0.25, 0.3) is 0 Å². The quantitative estimate of drug-likeness (QED) is 0.250. The SMILES string of the molecule is F[P-](F)(F)(F)(F)F.Oc1ccc([S+](c2ccccc2)c2ccc(O)cc2)cc1. The van der Waals surface area contributed by atoms with Gasteiger partial charge in [0.15, 0.2) is 14.7 Å². The maximum Gasteiger partial charge on any atom is 0.166 e. The summed E-state index contributed by atoms with van der Waals surface area (Å²) in [5.41, 5.74) is 0. The summed E-state index contributed by atoms with van der Waals surface area (Å²) >= 11 is 0. The van der Waals surface area contributed by atoms with E-state index in [0.717, 1.165) is 9.79 Å². The summed E-state index contributed by atoms with van der Waals surface area (Å²) in [5.74, 6) is 0.530. The number of halogens is 6. The summed E-state index contributed by atoms with van der Waals surface area (Å²) in [6.07, 6.45) is 0. The minimum atomic E-state index is -10.7. The smallest absolute Gasteiger partial charge is 0.166 e. The molecule has 2 nitrogen and oxygen atoms in total. The molecule has 0 heterocycles. The predicted octanol–water partition coefficient (Wildman–Crippen LogP) is 7.58. The molecule has 0 atom stereocenters. The molecule has 0 saturated carbocycles. The van der Waals surface area contributed by atoms with Crippen molar-refractivity contribution in [1.82, 2.24) is 0 Å². The van der Waals surface area contributed by atoms with Gasteiger partial charge in [-0.1, -0.05) is 18.2 Å². The van der Waals surface area contributed by atoms with Crippen LogP contribution in [0.2, 0.25) is 0 Å². The van der Waals surface area contributed by atoms with E-state index in [4.69, 9.17) is 0 Å². The zero-order valence-electron chi connectivity index (χ0n) is 14.0. The Hall–Kier alpha value is -2.38. The molecule has 0 bridgehead atoms. The molecule has 2 N–H and O–H groups in total. The Balaban J connectivity index is 0.000000345. The van der Waals surface area contributed by atoms with Crippen molar-refractivity contribution >= 4 is 18.7 Å². The van der Waals surface area contributed by atoms with Gasteiger partial charge < -0.3 is 10.2 Å². The fourth-order valence-corrected chi connectivity index (χ4v) is 4.19. The molecule has 0 unspecified atom stereocenters. The molecule has 3 aromatic carbocycles. The van der Waals surface area contributed by atoms with Crippen molar-refractivity contribution in [2.45, 2.75) is 14.7 Å². The molecule has 10 heteroatoms. The summed E-state index contributed by atoms with van der Waals surface area (Å²) in [7, 11) is -10.9. The van der Waals surface area contributed by atoms with E-state index in [1.807, 2.05) is 42.5 Å². The van der Waals surface area contributed by atoms with Gasteiger partial charge in [-0.25, -0.2) is 0 Å². The zero-order chi connectivity index (χ0) is 21.1. The molecular weight excluding hydrogens is 425 g/mol. The van der Waals surface area contributed by atoms with Gasteiger partial charge in [0.05, 0.1) is 10.9 Å². The van der Waals surface area contributed by atoms with Crippen LogP contribution in [0.1, 0.15) is 0 Å². The first kappa shape index (κ1) is 21.9. The van der Waals surface area contributed by atoms with Crippen LogP contribution in [0.3, 0.4) is 0 Å². The van der Waals surface area contributed by atoms with Gasteiger partial charge in [0.25, 0.3) is 0 Å². The summed E-state index contributed by atoms with van der Waals surface area (Å²) in [6, 6.07) is 24.8. The Bertz CT molecular complexity index is 858. The molecular formula is C18H15F6O2PS. The third-order valence-corrected chi connectivity index (χ3v) is 5.35. The molecule has 0 aromatic heterocycles. The minimum Gasteiger partial charge on any atom is -0.508 e. The second kappa shape index (κ2) is 7.22. The van der Waals surface area contributed by atoms with Gasteiger partial charge in [0, 0.05) is 0 Å². The van der Waals surface area contributed by atoms with Crippen LogP contribution < -0.4 is 0 Å². The Morgan fingerprint density at radius 1 is 0.500 bits per heavy atom. The Labute approximate surface area is 159 Å². The van der Waals surface area contributed by atoms with Crippen molar-refractivity contribution in [2.75, 3.05) is 0 Å². The van der Waals surface area contributed by atoms with E-state index in [-0.39, 0.29) is 22.4 Å². The molecule has 0 spiro atoms. The second-order valence-electron chi connectivity index (χ2n) is 5.57. The van der Waals surface area contributed by atoms with Gasteiger partial charge in [-0.2, -0.15) is 0 Å². The van der Waals surface area contributed by atoms with Crippen molar-refractivity contribution < 1.29 is 35.4 Å². The van der Waals surface area contributed by atoms with Gasteiger partial charge in [-0.05, 0) is 60.7 Å². The van der Waals surface area contributed by atoms with Crippen LogP contribution >= 0.6 is 7.81 Å². The average Bonchev–Trinajstić information content (AvgIpc) is 2.57. The summed E-state index contributed by atoms with van der Waals surface area (Å²) < 4.78 is 59.2. The second-order valence-corrected chi connectivity index (χ2v) is 9.51. The number of benzene rings is 3. The Kier molecular flexibility index (Phi) is 5.65. The molecule has 0 aliphatic rings. The minimum absolute atomic E-state index is 0.253. The summed E-state index contributed by atoms with van der Waals surface area (Å²) in [4.78, 5) is 3.46. The predicted molar refractivity (Wildman–Crippen MR) is 98.4 cm³/mol. The van der Waals surface area contributed by atoms with Gasteiger partial charge in [0.1, 0.15) is 11.5 Å². The van der Waals surface area contributed by atoms with Crippen molar-refractivity contribution in [1.29, 1.82) is 0 Å². The maximum absolute atomic E-state index is 10.7. The van der Waals surface area contributed by atoms with Crippen LogP contribution in [-0.2, 0) is 10.9 Å². The number of hydrogen-bond acceptors (Lipinski definition) is 2. The number of phenols is 2. The van der Waals surface area contributed by atoms with Crippen LogP contribution in [0.5, 0.6) is 11.5 Å². The van der Waals surface area contributed by atoms with Gasteiger partial charge in [0.2, 0.25) is 0 Å². The van der Waals surface area contributed by atoms with Gasteiger partial charge in [-0.3, -0.25) is 0 Å². The van der Waals surface area contributed by atoms with Crippen molar-refractivity contribution in [2.24, 2.45) is 0 Å². The van der Waals surface area contributed by atoms with E-state index in [1.165, 1.54) is 4.90 Å². The van der Waals surface area contributed by atoms with E-state index in [1.54, 1.807) is 24.3 Å². The van der Waals surface area contributed by atoms with E-state index in [0.29, 0.717) is 0 Å². The van der Waals surface area contributed by atoms with Crippen molar-refractivity contribution in [3.05, 3.63) is 78.9 Å². The normalized spacial score (nSPS) is 13.8. The zero-order valence-corrected chi connectivity index (χ0v) is 15.7. The monoisotopic (exact) mass is 440 g/mol. The number of hydrogen-bond donors (Lipinski definition) is 2. The first-order chi connectivity index (χ1) is 12.7. The molecule has 28 heavy (non-hydrogen) atoms. The van der Waals surface area contributed by atoms with Crippen LogP contribution in [0, 0.1) is 0 Å². The van der Waals surface area contributed by atoms with E-state index in [2.05, 4.69) is 12.1 Å². The summed E-state index contributed by atoms with van der Waals surface area (Å²) in [6.45, 7) is 0. The maximum atomic E-state index is 9.87. The third-order valence-electron chi connectivity index (χ3n) is 3.12. The van der Waals surface area contributed by atoms with Gasteiger partial charge in [-0.15, -0.1) is 0 Å². The molecule has 0 aliphatic heterocycles. The third kappa shape index (κ3) is 8.54. The van der Waals surface area contributed by atoms with Crippen LogP contribution in [-0.4, -0.2) is 10.2 Å². The molecule has 152 valence electrons. The van der Waals surface area contributed by atoms with Crippen LogP contribution in [0.4, 0.5) is 25.2 Å². The number of aromatic hydroxyl groups is 2. The average molecular weight is 440 g/mol. The Morgan fingerprint density at radius 3 is 1.11 bits per heavy atom. The van der Waals surface area contributed by atoms with Gasteiger partial charge >= 0.3 is 33.0 Å². The van der Waals surface area contributed by atoms with Crippen molar-refractivity contribution in [3.63, 3.8) is 0 Å². The van der Waals surface area contributed by atoms with Crippen molar-refractivity contribution in [3.8, 4) is 11.5 Å². The first-order valence-corrected chi connectivity index (χ1v) is 10.9.